The monoisotopic (exact) mass is 356 g/mol. The molecule has 0 saturated carbocycles. The third kappa shape index (κ3) is 3.43. The Kier molecular flexibility index (Phi) is 5.25. The predicted octanol–water partition coefficient (Wildman–Crippen LogP) is 2.72. The Balaban J connectivity index is 1.92. The van der Waals surface area contributed by atoms with Crippen LogP contribution in [0.2, 0.25) is 0 Å². The first kappa shape index (κ1) is 18.4. The highest BCUT2D eigenvalue weighted by Gasteiger charge is 2.24. The van der Waals surface area contributed by atoms with Crippen LogP contribution >= 0.6 is 0 Å². The Morgan fingerprint density at radius 3 is 2.73 bits per heavy atom. The van der Waals surface area contributed by atoms with E-state index in [9.17, 15) is 4.79 Å². The van der Waals surface area contributed by atoms with Gasteiger partial charge in [-0.25, -0.2) is 9.97 Å². The van der Waals surface area contributed by atoms with Crippen molar-refractivity contribution in [2.24, 2.45) is 0 Å². The summed E-state index contributed by atoms with van der Waals surface area (Å²) in [5, 5.41) is 11.0. The molecule has 2 aromatic rings. The Morgan fingerprint density at radius 1 is 1.27 bits per heavy atom. The van der Waals surface area contributed by atoms with Crippen LogP contribution in [0.4, 0.5) is 5.82 Å². The van der Waals surface area contributed by atoms with Gasteiger partial charge in [0, 0.05) is 42.4 Å². The minimum Gasteiger partial charge on any atom is -0.365 e. The van der Waals surface area contributed by atoms with Gasteiger partial charge in [-0.15, -0.1) is 0 Å². The molecule has 0 radical (unpaired) electrons. The van der Waals surface area contributed by atoms with Gasteiger partial charge in [0.25, 0.3) is 5.91 Å². The molecule has 0 aromatic carbocycles. The molecule has 0 aliphatic carbocycles. The molecule has 7 nitrogen and oxygen atoms in total. The lowest BCUT2D eigenvalue weighted by molar-refractivity contribution is 0.0940. The maximum Gasteiger partial charge on any atom is 0.270 e. The van der Waals surface area contributed by atoms with Crippen LogP contribution in [0.3, 0.4) is 0 Å². The summed E-state index contributed by atoms with van der Waals surface area (Å²) >= 11 is 0. The number of hydrogen-bond acceptors (Lipinski definition) is 5. The fourth-order valence-corrected chi connectivity index (χ4v) is 3.31. The zero-order valence-corrected chi connectivity index (χ0v) is 16.3. The van der Waals surface area contributed by atoms with Gasteiger partial charge >= 0.3 is 0 Å². The number of nitrogens with zero attached hydrogens (tertiary/aromatic N) is 4. The van der Waals surface area contributed by atoms with E-state index in [1.807, 2.05) is 20.8 Å². The van der Waals surface area contributed by atoms with E-state index in [1.54, 1.807) is 0 Å². The predicted molar refractivity (Wildman–Crippen MR) is 101 cm³/mol. The summed E-state index contributed by atoms with van der Waals surface area (Å²) in [6.45, 7) is 12.6. The number of aromatic nitrogens is 4. The zero-order chi connectivity index (χ0) is 18.8. The number of carbonyl (C=O) groups excluding carboxylic acids is 1. The van der Waals surface area contributed by atoms with Crippen molar-refractivity contribution in [1.82, 2.24) is 25.1 Å². The quantitative estimate of drug-likeness (QED) is 0.831. The highest BCUT2D eigenvalue weighted by molar-refractivity contribution is 5.96. The number of aryl methyl sites for hydroxylation is 2. The molecule has 2 N–H and O–H groups in total. The Labute approximate surface area is 154 Å². The highest BCUT2D eigenvalue weighted by Crippen LogP contribution is 2.24. The number of anilines is 1. The minimum absolute atomic E-state index is 0.110. The summed E-state index contributed by atoms with van der Waals surface area (Å²) in [5.74, 6) is 1.52. The lowest BCUT2D eigenvalue weighted by Crippen LogP contribution is -2.34. The van der Waals surface area contributed by atoms with Crippen molar-refractivity contribution in [2.45, 2.75) is 66.5 Å². The van der Waals surface area contributed by atoms with E-state index in [2.05, 4.69) is 39.2 Å². The Bertz CT molecular complexity index is 824. The molecule has 3 rings (SSSR count). The molecule has 1 amide bonds. The van der Waals surface area contributed by atoms with Gasteiger partial charge in [-0.2, -0.15) is 5.10 Å². The molecular weight excluding hydrogens is 328 g/mol. The fourth-order valence-electron chi connectivity index (χ4n) is 3.31. The number of amides is 1. The maximum atomic E-state index is 12.2. The second-order valence-corrected chi connectivity index (χ2v) is 7.14. The zero-order valence-electron chi connectivity index (χ0n) is 16.3. The van der Waals surface area contributed by atoms with Crippen molar-refractivity contribution in [3.05, 3.63) is 34.0 Å². The Hall–Kier alpha value is -2.44. The van der Waals surface area contributed by atoms with E-state index in [0.717, 1.165) is 36.5 Å². The summed E-state index contributed by atoms with van der Waals surface area (Å²) in [5.41, 5.74) is 4.83. The molecule has 0 spiro atoms. The van der Waals surface area contributed by atoms with Crippen LogP contribution in [-0.4, -0.2) is 32.2 Å². The standard InChI is InChI=1S/C19H28N6O/c1-6-9-25-13(5)15(12(4)24-25)10-21-18-14-7-8-20-19(26)16(14)22-17(23-18)11(2)3/h11H,6-10H2,1-5H3,(H,20,26)(H,21,22,23). The fraction of sp³-hybridized carbons (Fsp3) is 0.579. The lowest BCUT2D eigenvalue weighted by Gasteiger charge is -2.21. The third-order valence-electron chi connectivity index (χ3n) is 4.82. The van der Waals surface area contributed by atoms with E-state index >= 15 is 0 Å². The lowest BCUT2D eigenvalue weighted by atomic mass is 10.0. The van der Waals surface area contributed by atoms with E-state index in [-0.39, 0.29) is 11.8 Å². The van der Waals surface area contributed by atoms with Gasteiger partial charge in [0.15, 0.2) is 0 Å². The largest absolute Gasteiger partial charge is 0.365 e. The number of nitrogens with one attached hydrogen (secondary N) is 2. The van der Waals surface area contributed by atoms with E-state index in [4.69, 9.17) is 4.98 Å². The van der Waals surface area contributed by atoms with Crippen molar-refractivity contribution in [2.75, 3.05) is 11.9 Å². The van der Waals surface area contributed by atoms with Crippen molar-refractivity contribution >= 4 is 11.7 Å². The number of carbonyl (C=O) groups is 1. The molecule has 2 aromatic heterocycles. The molecule has 140 valence electrons. The van der Waals surface area contributed by atoms with Gasteiger partial charge < -0.3 is 10.6 Å². The molecule has 1 aliphatic heterocycles. The van der Waals surface area contributed by atoms with Crippen LogP contribution in [0.25, 0.3) is 0 Å². The number of hydrogen-bond donors (Lipinski definition) is 2. The van der Waals surface area contributed by atoms with Crippen LogP contribution in [-0.2, 0) is 19.5 Å². The molecule has 0 atom stereocenters. The smallest absolute Gasteiger partial charge is 0.270 e. The van der Waals surface area contributed by atoms with Gasteiger partial charge in [-0.05, 0) is 26.7 Å². The molecule has 26 heavy (non-hydrogen) atoms. The van der Waals surface area contributed by atoms with Gasteiger partial charge in [0.2, 0.25) is 0 Å². The third-order valence-corrected chi connectivity index (χ3v) is 4.82. The molecule has 0 bridgehead atoms. The second kappa shape index (κ2) is 7.43. The first-order valence-electron chi connectivity index (χ1n) is 9.38. The normalized spacial score (nSPS) is 13.7. The van der Waals surface area contributed by atoms with Crippen LogP contribution < -0.4 is 10.6 Å². The van der Waals surface area contributed by atoms with E-state index in [1.165, 1.54) is 11.3 Å². The van der Waals surface area contributed by atoms with E-state index in [0.29, 0.717) is 24.6 Å². The average Bonchev–Trinajstić information content (AvgIpc) is 2.87. The first-order valence-corrected chi connectivity index (χ1v) is 9.38. The summed E-state index contributed by atoms with van der Waals surface area (Å²) in [6.07, 6.45) is 1.80. The molecule has 3 heterocycles. The molecule has 0 saturated heterocycles. The summed E-state index contributed by atoms with van der Waals surface area (Å²) in [6, 6.07) is 0. The molecule has 7 heteroatoms. The maximum absolute atomic E-state index is 12.2. The van der Waals surface area contributed by atoms with Crippen LogP contribution in [0.1, 0.15) is 71.9 Å². The van der Waals surface area contributed by atoms with Gasteiger partial charge in [0.1, 0.15) is 17.3 Å². The second-order valence-electron chi connectivity index (χ2n) is 7.14. The molecular formula is C19H28N6O. The molecule has 0 unspecified atom stereocenters. The van der Waals surface area contributed by atoms with E-state index < -0.39 is 0 Å². The first-order chi connectivity index (χ1) is 12.4. The average molecular weight is 356 g/mol. The van der Waals surface area contributed by atoms with Crippen molar-refractivity contribution in [1.29, 1.82) is 0 Å². The number of rotatable bonds is 6. The SMILES string of the molecule is CCCn1nc(C)c(CNc2nc(C(C)C)nc3c2CCNC3=O)c1C. The summed E-state index contributed by atoms with van der Waals surface area (Å²) in [4.78, 5) is 21.4. The molecule has 0 fully saturated rings. The summed E-state index contributed by atoms with van der Waals surface area (Å²) in [7, 11) is 0. The van der Waals surface area contributed by atoms with Crippen molar-refractivity contribution < 1.29 is 4.79 Å². The highest BCUT2D eigenvalue weighted by atomic mass is 16.1. The van der Waals surface area contributed by atoms with Gasteiger partial charge in [-0.1, -0.05) is 20.8 Å². The van der Waals surface area contributed by atoms with Gasteiger partial charge in [-0.3, -0.25) is 9.48 Å². The van der Waals surface area contributed by atoms with Crippen LogP contribution in [0.15, 0.2) is 0 Å². The summed E-state index contributed by atoms with van der Waals surface area (Å²) < 4.78 is 2.06. The Morgan fingerprint density at radius 2 is 2.04 bits per heavy atom. The molecule has 1 aliphatic rings. The topological polar surface area (TPSA) is 84.7 Å². The van der Waals surface area contributed by atoms with Crippen LogP contribution in [0, 0.1) is 13.8 Å². The minimum atomic E-state index is -0.110. The number of fused-ring (bicyclic) bond motifs is 1. The van der Waals surface area contributed by atoms with Crippen molar-refractivity contribution in [3.63, 3.8) is 0 Å². The van der Waals surface area contributed by atoms with Crippen molar-refractivity contribution in [3.8, 4) is 0 Å². The van der Waals surface area contributed by atoms with Crippen LogP contribution in [0.5, 0.6) is 0 Å². The van der Waals surface area contributed by atoms with Gasteiger partial charge in [0.05, 0.1) is 5.69 Å².